The molecule has 0 aromatic heterocycles. The molecule has 5 nitrogen and oxygen atoms in total. The van der Waals surface area contributed by atoms with Crippen LogP contribution in [0, 0.1) is 5.92 Å². The Kier molecular flexibility index (Phi) is 6.93. The predicted octanol–water partition coefficient (Wildman–Crippen LogP) is 4.63. The number of aryl methyl sites for hydroxylation is 2. The number of anilines is 1. The minimum absolute atomic E-state index is 0.0852. The van der Waals surface area contributed by atoms with Crippen molar-refractivity contribution in [1.82, 2.24) is 0 Å². The van der Waals surface area contributed by atoms with Crippen molar-refractivity contribution in [3.05, 3.63) is 64.2 Å². The lowest BCUT2D eigenvalue weighted by atomic mass is 10.0. The van der Waals surface area contributed by atoms with Gasteiger partial charge >= 0.3 is 5.97 Å². The van der Waals surface area contributed by atoms with Crippen LogP contribution in [0.1, 0.15) is 48.7 Å². The Morgan fingerprint density at radius 3 is 2.27 bits per heavy atom. The van der Waals surface area contributed by atoms with E-state index in [1.165, 1.54) is 0 Å². The lowest BCUT2D eigenvalue weighted by Gasteiger charge is -2.23. The Labute approximate surface area is 182 Å². The van der Waals surface area contributed by atoms with E-state index in [-0.39, 0.29) is 24.7 Å². The summed E-state index contributed by atoms with van der Waals surface area (Å²) in [5.74, 6) is -1.50. The molecule has 0 bridgehead atoms. The standard InChI is InChI=1S/C24H26ClNO4/c1-4-16-7-6-8-17(5-2)22(16)26-14-19(13-21(26)27)24(29)30-15(3)23(28)18-9-11-20(25)12-10-18/h6-12,15,19H,4-5,13-14H2,1-3H3/t15-,19-/m1/s1. The highest BCUT2D eigenvalue weighted by Gasteiger charge is 2.38. The first kappa shape index (κ1) is 22.0. The molecule has 0 unspecified atom stereocenters. The zero-order chi connectivity index (χ0) is 21.8. The molecule has 1 aliphatic heterocycles. The number of hydrogen-bond donors (Lipinski definition) is 0. The van der Waals surface area contributed by atoms with Crippen molar-refractivity contribution in [2.24, 2.45) is 5.92 Å². The van der Waals surface area contributed by atoms with E-state index < -0.39 is 18.0 Å². The fourth-order valence-electron chi connectivity index (χ4n) is 3.82. The van der Waals surface area contributed by atoms with E-state index in [0.29, 0.717) is 10.6 Å². The molecule has 3 rings (SSSR count). The predicted molar refractivity (Wildman–Crippen MR) is 117 cm³/mol. The van der Waals surface area contributed by atoms with Crippen molar-refractivity contribution < 1.29 is 19.1 Å². The topological polar surface area (TPSA) is 63.7 Å². The van der Waals surface area contributed by atoms with Crippen molar-refractivity contribution in [2.45, 2.75) is 46.1 Å². The van der Waals surface area contributed by atoms with Gasteiger partial charge in [0.25, 0.3) is 0 Å². The van der Waals surface area contributed by atoms with Gasteiger partial charge in [0.2, 0.25) is 11.7 Å². The fourth-order valence-corrected chi connectivity index (χ4v) is 3.94. The molecule has 0 radical (unpaired) electrons. The summed E-state index contributed by atoms with van der Waals surface area (Å²) in [7, 11) is 0. The van der Waals surface area contributed by atoms with Gasteiger partial charge in [-0.1, -0.05) is 43.6 Å². The second kappa shape index (κ2) is 9.43. The number of ketones is 1. The van der Waals surface area contributed by atoms with Crippen LogP contribution in [0.4, 0.5) is 5.69 Å². The molecular weight excluding hydrogens is 402 g/mol. The van der Waals surface area contributed by atoms with Gasteiger partial charge in [-0.2, -0.15) is 0 Å². The molecule has 30 heavy (non-hydrogen) atoms. The first-order chi connectivity index (χ1) is 14.3. The lowest BCUT2D eigenvalue weighted by molar-refractivity contribution is -0.151. The summed E-state index contributed by atoms with van der Waals surface area (Å²) in [5.41, 5.74) is 3.51. The quantitative estimate of drug-likeness (QED) is 0.477. The van der Waals surface area contributed by atoms with Crippen LogP contribution in [0.2, 0.25) is 5.02 Å². The van der Waals surface area contributed by atoms with Crippen LogP contribution >= 0.6 is 11.6 Å². The van der Waals surface area contributed by atoms with Gasteiger partial charge in [-0.25, -0.2) is 0 Å². The van der Waals surface area contributed by atoms with E-state index in [4.69, 9.17) is 16.3 Å². The van der Waals surface area contributed by atoms with Crippen LogP contribution in [0.15, 0.2) is 42.5 Å². The number of hydrogen-bond acceptors (Lipinski definition) is 4. The number of benzene rings is 2. The molecule has 1 fully saturated rings. The third kappa shape index (κ3) is 4.57. The van der Waals surface area contributed by atoms with Crippen molar-refractivity contribution in [1.29, 1.82) is 0 Å². The maximum Gasteiger partial charge on any atom is 0.312 e. The third-order valence-electron chi connectivity index (χ3n) is 5.48. The van der Waals surface area contributed by atoms with E-state index in [9.17, 15) is 14.4 Å². The Bertz CT molecular complexity index is 932. The summed E-state index contributed by atoms with van der Waals surface area (Å²) in [4.78, 5) is 39.7. The number of nitrogens with zero attached hydrogens (tertiary/aromatic N) is 1. The highest BCUT2D eigenvalue weighted by atomic mass is 35.5. The summed E-state index contributed by atoms with van der Waals surface area (Å²) >= 11 is 5.85. The van der Waals surface area contributed by atoms with E-state index >= 15 is 0 Å². The molecule has 2 aromatic rings. The number of ether oxygens (including phenoxy) is 1. The van der Waals surface area contributed by atoms with Gasteiger partial charge in [-0.05, 0) is 55.2 Å². The van der Waals surface area contributed by atoms with E-state index in [2.05, 4.69) is 13.8 Å². The molecule has 1 amide bonds. The van der Waals surface area contributed by atoms with Gasteiger partial charge in [-0.15, -0.1) is 0 Å². The molecular formula is C24H26ClNO4. The van der Waals surface area contributed by atoms with Crippen LogP contribution in [-0.2, 0) is 27.2 Å². The smallest absolute Gasteiger partial charge is 0.312 e. The van der Waals surface area contributed by atoms with Gasteiger partial charge in [0, 0.05) is 29.2 Å². The Balaban J connectivity index is 1.71. The average Bonchev–Trinajstić information content (AvgIpc) is 3.14. The summed E-state index contributed by atoms with van der Waals surface area (Å²) < 4.78 is 5.43. The molecule has 2 aromatic carbocycles. The number of carbonyl (C=O) groups is 3. The maximum absolute atomic E-state index is 12.7. The third-order valence-corrected chi connectivity index (χ3v) is 5.74. The molecule has 0 saturated carbocycles. The zero-order valence-electron chi connectivity index (χ0n) is 17.5. The first-order valence-corrected chi connectivity index (χ1v) is 10.6. The molecule has 1 saturated heterocycles. The van der Waals surface area contributed by atoms with Crippen molar-refractivity contribution in [2.75, 3.05) is 11.4 Å². The van der Waals surface area contributed by atoms with Gasteiger partial charge < -0.3 is 9.64 Å². The largest absolute Gasteiger partial charge is 0.454 e. The highest BCUT2D eigenvalue weighted by molar-refractivity contribution is 6.30. The van der Waals surface area contributed by atoms with Crippen LogP contribution in [0.3, 0.4) is 0 Å². The average molecular weight is 428 g/mol. The van der Waals surface area contributed by atoms with Crippen LogP contribution in [-0.4, -0.2) is 30.3 Å². The van der Waals surface area contributed by atoms with Crippen molar-refractivity contribution >= 4 is 34.9 Å². The van der Waals surface area contributed by atoms with Gasteiger partial charge in [0.1, 0.15) is 0 Å². The number of carbonyl (C=O) groups excluding carboxylic acids is 3. The highest BCUT2D eigenvalue weighted by Crippen LogP contribution is 2.33. The Hall–Kier alpha value is -2.66. The van der Waals surface area contributed by atoms with Crippen LogP contribution in [0.25, 0.3) is 0 Å². The van der Waals surface area contributed by atoms with Crippen molar-refractivity contribution in [3.8, 4) is 0 Å². The summed E-state index contributed by atoms with van der Waals surface area (Å²) in [5, 5.41) is 0.527. The number of para-hydroxylation sites is 1. The molecule has 0 spiro atoms. The number of rotatable bonds is 7. The summed E-state index contributed by atoms with van der Waals surface area (Å²) in [6.07, 6.45) is 0.752. The second-order valence-corrected chi connectivity index (χ2v) is 7.92. The second-order valence-electron chi connectivity index (χ2n) is 7.49. The lowest BCUT2D eigenvalue weighted by Crippen LogP contribution is -2.31. The van der Waals surface area contributed by atoms with Gasteiger partial charge in [-0.3, -0.25) is 14.4 Å². The molecule has 2 atom stereocenters. The molecule has 0 N–H and O–H groups in total. The SMILES string of the molecule is CCc1cccc(CC)c1N1C[C@H](C(=O)O[C@H](C)C(=O)c2ccc(Cl)cc2)CC1=O. The van der Waals surface area contributed by atoms with Crippen LogP contribution < -0.4 is 4.90 Å². The number of esters is 1. The number of Topliss-reactive ketones (excluding diaryl/α,β-unsaturated/α-hetero) is 1. The number of amides is 1. The maximum atomic E-state index is 12.7. The molecule has 0 aliphatic carbocycles. The monoisotopic (exact) mass is 427 g/mol. The van der Waals surface area contributed by atoms with Crippen LogP contribution in [0.5, 0.6) is 0 Å². The number of halogens is 1. The summed E-state index contributed by atoms with van der Waals surface area (Å²) in [6.45, 7) is 5.91. The normalized spacial score (nSPS) is 17.1. The minimum Gasteiger partial charge on any atom is -0.454 e. The molecule has 6 heteroatoms. The summed E-state index contributed by atoms with van der Waals surface area (Å²) in [6, 6.07) is 12.5. The fraction of sp³-hybridized carbons (Fsp3) is 0.375. The van der Waals surface area contributed by atoms with E-state index in [0.717, 1.165) is 29.7 Å². The van der Waals surface area contributed by atoms with E-state index in [1.807, 2.05) is 18.2 Å². The Morgan fingerprint density at radius 2 is 1.70 bits per heavy atom. The van der Waals surface area contributed by atoms with E-state index in [1.54, 1.807) is 36.1 Å². The molecule has 1 aliphatic rings. The molecule has 158 valence electrons. The molecule has 1 heterocycles. The van der Waals surface area contributed by atoms with Gasteiger partial charge in [0.05, 0.1) is 5.92 Å². The van der Waals surface area contributed by atoms with Crippen molar-refractivity contribution in [3.63, 3.8) is 0 Å². The Morgan fingerprint density at radius 1 is 1.10 bits per heavy atom. The zero-order valence-corrected chi connectivity index (χ0v) is 18.2. The van der Waals surface area contributed by atoms with Gasteiger partial charge in [0.15, 0.2) is 6.10 Å². The minimum atomic E-state index is -0.933. The first-order valence-electron chi connectivity index (χ1n) is 10.3.